The number of aryl methyl sites for hydroxylation is 1. The molecule has 0 saturated carbocycles. The number of hydrogen-bond acceptors (Lipinski definition) is 3. The first kappa shape index (κ1) is 24.0. The summed E-state index contributed by atoms with van der Waals surface area (Å²) in [4.78, 5) is 15.2. The lowest BCUT2D eigenvalue weighted by molar-refractivity contribution is -0.138. The summed E-state index contributed by atoms with van der Waals surface area (Å²) in [6.07, 6.45) is 6.03. The van der Waals surface area contributed by atoms with Crippen LogP contribution in [0.1, 0.15) is 43.2 Å². The quantitative estimate of drug-likeness (QED) is 0.585. The number of amides is 1. The first-order valence-corrected chi connectivity index (χ1v) is 14.0. The normalized spacial score (nSPS) is 20.6. The monoisotopic (exact) mass is 468 g/mol. The van der Waals surface area contributed by atoms with Crippen LogP contribution in [-0.4, -0.2) is 55.5 Å². The lowest BCUT2D eigenvalue weighted by Gasteiger charge is -2.37. The van der Waals surface area contributed by atoms with Crippen LogP contribution in [0.15, 0.2) is 60.7 Å². The fourth-order valence-corrected chi connectivity index (χ4v) is 6.77. The van der Waals surface area contributed by atoms with Crippen molar-refractivity contribution < 1.29 is 13.2 Å². The molecule has 0 radical (unpaired) electrons. The predicted octanol–water partition coefficient (Wildman–Crippen LogP) is 4.14. The van der Waals surface area contributed by atoms with Crippen LogP contribution in [0.5, 0.6) is 0 Å². The Labute approximate surface area is 198 Å². The molecule has 2 heterocycles. The van der Waals surface area contributed by atoms with Gasteiger partial charge in [0, 0.05) is 26.2 Å². The molecule has 0 spiro atoms. The van der Waals surface area contributed by atoms with Crippen LogP contribution < -0.4 is 0 Å². The summed E-state index contributed by atoms with van der Waals surface area (Å²) in [6.45, 7) is 2.46. The maximum atomic E-state index is 13.2. The zero-order valence-electron chi connectivity index (χ0n) is 19.4. The molecule has 1 atom stereocenters. The van der Waals surface area contributed by atoms with Gasteiger partial charge in [0.2, 0.25) is 15.9 Å². The smallest absolute Gasteiger partial charge is 0.227 e. The standard InChI is InChI=1S/C27H36N2O3S/c30-27(28-18-15-25(16-19-28)21-24-11-5-2-6-12-24)26-14-7-17-29(22-26)33(31,32)20-8-13-23-9-3-1-4-10-23/h1-6,9-12,25-26H,7-8,13-22H2/t26-/m1/s1. The Bertz CT molecular complexity index is 987. The Morgan fingerprint density at radius 1 is 0.848 bits per heavy atom. The Balaban J connectivity index is 1.25. The van der Waals surface area contributed by atoms with Gasteiger partial charge < -0.3 is 4.90 Å². The van der Waals surface area contributed by atoms with Crippen molar-refractivity contribution >= 4 is 15.9 Å². The second-order valence-corrected chi connectivity index (χ2v) is 11.6. The molecule has 2 aromatic carbocycles. The van der Waals surface area contributed by atoms with Gasteiger partial charge >= 0.3 is 0 Å². The number of sulfonamides is 1. The number of piperidine rings is 2. The average Bonchev–Trinajstić information content (AvgIpc) is 2.85. The highest BCUT2D eigenvalue weighted by Crippen LogP contribution is 2.26. The van der Waals surface area contributed by atoms with Crippen molar-refractivity contribution in [2.45, 2.75) is 44.9 Å². The molecular weight excluding hydrogens is 432 g/mol. The van der Waals surface area contributed by atoms with Crippen molar-refractivity contribution in [3.63, 3.8) is 0 Å². The van der Waals surface area contributed by atoms with Gasteiger partial charge in [-0.3, -0.25) is 4.79 Å². The summed E-state index contributed by atoms with van der Waals surface area (Å²) in [6, 6.07) is 20.6. The molecule has 2 fully saturated rings. The molecule has 0 unspecified atom stereocenters. The highest BCUT2D eigenvalue weighted by atomic mass is 32.2. The van der Waals surface area contributed by atoms with Crippen molar-refractivity contribution in [3.05, 3.63) is 71.8 Å². The van der Waals surface area contributed by atoms with Crippen LogP contribution in [0.3, 0.4) is 0 Å². The third kappa shape index (κ3) is 6.67. The van der Waals surface area contributed by atoms with Gasteiger partial charge in [-0.05, 0) is 62.0 Å². The molecule has 2 aliphatic rings. The van der Waals surface area contributed by atoms with Crippen LogP contribution in [0.25, 0.3) is 0 Å². The van der Waals surface area contributed by atoms with Gasteiger partial charge in [-0.2, -0.15) is 0 Å². The van der Waals surface area contributed by atoms with E-state index in [1.807, 2.05) is 41.3 Å². The number of hydrogen-bond donors (Lipinski definition) is 0. The summed E-state index contributed by atoms with van der Waals surface area (Å²) >= 11 is 0. The minimum absolute atomic E-state index is 0.147. The van der Waals surface area contributed by atoms with Crippen LogP contribution in [0, 0.1) is 11.8 Å². The molecule has 2 aromatic rings. The summed E-state index contributed by atoms with van der Waals surface area (Å²) in [7, 11) is -3.33. The fraction of sp³-hybridized carbons (Fsp3) is 0.519. The van der Waals surface area contributed by atoms with E-state index in [0.717, 1.165) is 57.2 Å². The van der Waals surface area contributed by atoms with Crippen LogP contribution in [0.2, 0.25) is 0 Å². The molecule has 0 N–H and O–H groups in total. The number of benzene rings is 2. The van der Waals surface area contributed by atoms with Crippen LogP contribution in [0.4, 0.5) is 0 Å². The number of likely N-dealkylation sites (tertiary alicyclic amines) is 1. The Morgan fingerprint density at radius 3 is 2.15 bits per heavy atom. The van der Waals surface area contributed by atoms with E-state index in [-0.39, 0.29) is 17.6 Å². The minimum Gasteiger partial charge on any atom is -0.342 e. The Morgan fingerprint density at radius 2 is 1.48 bits per heavy atom. The average molecular weight is 469 g/mol. The van der Waals surface area contributed by atoms with E-state index in [9.17, 15) is 13.2 Å². The highest BCUT2D eigenvalue weighted by Gasteiger charge is 2.35. The second-order valence-electron chi connectivity index (χ2n) is 9.56. The molecule has 33 heavy (non-hydrogen) atoms. The summed E-state index contributed by atoms with van der Waals surface area (Å²) in [5.41, 5.74) is 2.53. The van der Waals surface area contributed by atoms with Crippen molar-refractivity contribution in [1.29, 1.82) is 0 Å². The Hall–Kier alpha value is -2.18. The van der Waals surface area contributed by atoms with Crippen molar-refractivity contribution in [2.75, 3.05) is 31.9 Å². The first-order chi connectivity index (χ1) is 16.0. The van der Waals surface area contributed by atoms with E-state index < -0.39 is 10.0 Å². The van der Waals surface area contributed by atoms with E-state index in [4.69, 9.17) is 0 Å². The van der Waals surface area contributed by atoms with Crippen molar-refractivity contribution in [2.24, 2.45) is 11.8 Å². The maximum Gasteiger partial charge on any atom is 0.227 e. The van der Waals surface area contributed by atoms with E-state index in [0.29, 0.717) is 25.4 Å². The predicted molar refractivity (Wildman–Crippen MR) is 132 cm³/mol. The molecule has 2 saturated heterocycles. The van der Waals surface area contributed by atoms with E-state index in [2.05, 4.69) is 24.3 Å². The van der Waals surface area contributed by atoms with Gasteiger partial charge in [0.05, 0.1) is 11.7 Å². The van der Waals surface area contributed by atoms with E-state index in [1.165, 1.54) is 5.56 Å². The molecule has 2 aliphatic heterocycles. The maximum absolute atomic E-state index is 13.2. The van der Waals surface area contributed by atoms with Crippen molar-refractivity contribution in [1.82, 2.24) is 9.21 Å². The molecular formula is C27H36N2O3S. The lowest BCUT2D eigenvalue weighted by Crippen LogP contribution is -2.49. The topological polar surface area (TPSA) is 57.7 Å². The van der Waals surface area contributed by atoms with Gasteiger partial charge in [0.1, 0.15) is 0 Å². The lowest BCUT2D eigenvalue weighted by atomic mass is 9.89. The van der Waals surface area contributed by atoms with Gasteiger partial charge in [-0.1, -0.05) is 60.7 Å². The zero-order chi connectivity index (χ0) is 23.1. The number of rotatable bonds is 8. The van der Waals surface area contributed by atoms with Gasteiger partial charge in [-0.25, -0.2) is 12.7 Å². The highest BCUT2D eigenvalue weighted by molar-refractivity contribution is 7.89. The van der Waals surface area contributed by atoms with Gasteiger partial charge in [-0.15, -0.1) is 0 Å². The molecule has 0 aliphatic carbocycles. The molecule has 0 aromatic heterocycles. The SMILES string of the molecule is O=C([C@@H]1CCCN(S(=O)(=O)CCCc2ccccc2)C1)N1CCC(Cc2ccccc2)CC1. The molecule has 6 heteroatoms. The third-order valence-corrected chi connectivity index (χ3v) is 9.05. The summed E-state index contributed by atoms with van der Waals surface area (Å²) in [5, 5.41) is 0. The summed E-state index contributed by atoms with van der Waals surface area (Å²) < 4.78 is 27.5. The molecule has 178 valence electrons. The fourth-order valence-electron chi connectivity index (χ4n) is 5.19. The molecule has 5 nitrogen and oxygen atoms in total. The van der Waals surface area contributed by atoms with E-state index >= 15 is 0 Å². The number of carbonyl (C=O) groups is 1. The van der Waals surface area contributed by atoms with Gasteiger partial charge in [0.15, 0.2) is 0 Å². The summed E-state index contributed by atoms with van der Waals surface area (Å²) in [5.74, 6) is 0.711. The second kappa shape index (κ2) is 11.3. The molecule has 1 amide bonds. The first-order valence-electron chi connectivity index (χ1n) is 12.4. The largest absolute Gasteiger partial charge is 0.342 e. The van der Waals surface area contributed by atoms with Crippen molar-refractivity contribution in [3.8, 4) is 0 Å². The zero-order valence-corrected chi connectivity index (χ0v) is 20.3. The third-order valence-electron chi connectivity index (χ3n) is 7.13. The van der Waals surface area contributed by atoms with Gasteiger partial charge in [0.25, 0.3) is 0 Å². The minimum atomic E-state index is -3.33. The number of nitrogens with zero attached hydrogens (tertiary/aromatic N) is 2. The Kier molecular flexibility index (Phi) is 8.20. The van der Waals surface area contributed by atoms with E-state index in [1.54, 1.807) is 4.31 Å². The number of carbonyl (C=O) groups excluding carboxylic acids is 1. The van der Waals surface area contributed by atoms with Crippen LogP contribution >= 0.6 is 0 Å². The van der Waals surface area contributed by atoms with Crippen LogP contribution in [-0.2, 0) is 27.7 Å². The molecule has 4 rings (SSSR count). The molecule has 0 bridgehead atoms.